The lowest BCUT2D eigenvalue weighted by atomic mass is 9.86. The van der Waals surface area contributed by atoms with Crippen LogP contribution in [0.2, 0.25) is 5.02 Å². The highest BCUT2D eigenvalue weighted by Crippen LogP contribution is 2.43. The van der Waals surface area contributed by atoms with Crippen LogP contribution >= 0.6 is 11.6 Å². The van der Waals surface area contributed by atoms with Crippen LogP contribution in [0.25, 0.3) is 28.1 Å². The summed E-state index contributed by atoms with van der Waals surface area (Å²) in [7, 11) is 1.60. The van der Waals surface area contributed by atoms with Crippen molar-refractivity contribution in [3.05, 3.63) is 82.0 Å². The van der Waals surface area contributed by atoms with Crippen molar-refractivity contribution in [3.8, 4) is 39.9 Å². The van der Waals surface area contributed by atoms with Crippen molar-refractivity contribution in [2.24, 2.45) is 0 Å². The molecule has 0 N–H and O–H groups in total. The summed E-state index contributed by atoms with van der Waals surface area (Å²) in [4.78, 5) is 20.1. The SMILES string of the molecule is COc1cc2c(cc1-c1cncc(C#N)c1)-c1c(c(C(=O)N3CCOCC3(C)C)nn1-c1cc(F)cc(Cl)c1)CC2. The lowest BCUT2D eigenvalue weighted by molar-refractivity contribution is -0.0373. The van der Waals surface area contributed by atoms with E-state index in [0.29, 0.717) is 66.6 Å². The van der Waals surface area contributed by atoms with E-state index in [-0.39, 0.29) is 10.9 Å². The highest BCUT2D eigenvalue weighted by atomic mass is 35.5. The van der Waals surface area contributed by atoms with Gasteiger partial charge in [0.05, 0.1) is 42.8 Å². The van der Waals surface area contributed by atoms with Gasteiger partial charge in [-0.3, -0.25) is 9.78 Å². The highest BCUT2D eigenvalue weighted by molar-refractivity contribution is 6.30. The molecule has 0 unspecified atom stereocenters. The predicted octanol–water partition coefficient (Wildman–Crippen LogP) is 5.62. The van der Waals surface area contributed by atoms with Gasteiger partial charge < -0.3 is 14.4 Å². The number of morpholine rings is 1. The summed E-state index contributed by atoms with van der Waals surface area (Å²) in [6.07, 6.45) is 4.39. The van der Waals surface area contributed by atoms with Crippen LogP contribution in [0.1, 0.15) is 41.0 Å². The number of benzene rings is 2. The van der Waals surface area contributed by atoms with Gasteiger partial charge in [0.2, 0.25) is 0 Å². The number of hydrogen-bond donors (Lipinski definition) is 0. The molecule has 0 bridgehead atoms. The molecule has 1 aliphatic heterocycles. The molecule has 6 rings (SSSR count). The molecule has 4 aromatic rings. The largest absolute Gasteiger partial charge is 0.496 e. The zero-order chi connectivity index (χ0) is 28.9. The van der Waals surface area contributed by atoms with Crippen molar-refractivity contribution >= 4 is 17.5 Å². The zero-order valence-electron chi connectivity index (χ0n) is 22.9. The number of aryl methyl sites for hydroxylation is 1. The summed E-state index contributed by atoms with van der Waals surface area (Å²) in [6, 6.07) is 12.0. The number of methoxy groups -OCH3 is 1. The van der Waals surface area contributed by atoms with Crippen LogP contribution in [0.4, 0.5) is 4.39 Å². The number of hydrogen-bond acceptors (Lipinski definition) is 6. The third-order valence-corrected chi connectivity index (χ3v) is 7.89. The maximum Gasteiger partial charge on any atom is 0.275 e. The van der Waals surface area contributed by atoms with Gasteiger partial charge in [0, 0.05) is 46.2 Å². The fourth-order valence-corrected chi connectivity index (χ4v) is 5.91. The van der Waals surface area contributed by atoms with E-state index in [4.69, 9.17) is 26.2 Å². The van der Waals surface area contributed by atoms with E-state index in [0.717, 1.165) is 22.3 Å². The average Bonchev–Trinajstić information content (AvgIpc) is 3.35. The smallest absolute Gasteiger partial charge is 0.275 e. The van der Waals surface area contributed by atoms with Crippen molar-refractivity contribution in [2.45, 2.75) is 32.2 Å². The number of nitrogens with zero attached hydrogens (tertiary/aromatic N) is 5. The van der Waals surface area contributed by atoms with Gasteiger partial charge in [0.1, 0.15) is 17.6 Å². The predicted molar refractivity (Wildman–Crippen MR) is 152 cm³/mol. The Morgan fingerprint density at radius 3 is 2.71 bits per heavy atom. The Bertz CT molecular complexity index is 1720. The molecule has 1 aliphatic carbocycles. The number of ether oxygens (including phenoxy) is 2. The normalized spacial score (nSPS) is 15.6. The van der Waals surface area contributed by atoms with Crippen LogP contribution in [0.5, 0.6) is 5.75 Å². The minimum atomic E-state index is -0.514. The second-order valence-corrected chi connectivity index (χ2v) is 11.3. The molecule has 2 aromatic carbocycles. The van der Waals surface area contributed by atoms with Crippen LogP contribution in [-0.4, -0.2) is 58.0 Å². The summed E-state index contributed by atoms with van der Waals surface area (Å²) < 4.78 is 27.6. The van der Waals surface area contributed by atoms with E-state index in [9.17, 15) is 14.4 Å². The highest BCUT2D eigenvalue weighted by Gasteiger charge is 2.39. The van der Waals surface area contributed by atoms with Crippen LogP contribution in [0, 0.1) is 17.1 Å². The molecule has 41 heavy (non-hydrogen) atoms. The zero-order valence-corrected chi connectivity index (χ0v) is 23.6. The molecule has 208 valence electrons. The molecule has 3 heterocycles. The van der Waals surface area contributed by atoms with Gasteiger partial charge in [-0.25, -0.2) is 9.07 Å². The first kappa shape index (κ1) is 26.9. The van der Waals surface area contributed by atoms with Crippen LogP contribution in [0.3, 0.4) is 0 Å². The quantitative estimate of drug-likeness (QED) is 0.315. The van der Waals surface area contributed by atoms with Crippen molar-refractivity contribution < 1.29 is 18.7 Å². The molecule has 0 atom stereocenters. The molecule has 1 fully saturated rings. The first-order chi connectivity index (χ1) is 19.7. The monoisotopic (exact) mass is 571 g/mol. The van der Waals surface area contributed by atoms with E-state index in [2.05, 4.69) is 11.1 Å². The molecule has 10 heteroatoms. The van der Waals surface area contributed by atoms with Gasteiger partial charge in [0.15, 0.2) is 5.69 Å². The van der Waals surface area contributed by atoms with Gasteiger partial charge in [-0.15, -0.1) is 0 Å². The molecule has 0 spiro atoms. The summed E-state index contributed by atoms with van der Waals surface area (Å²) in [5.41, 5.74) is 5.38. The molecule has 2 aromatic heterocycles. The van der Waals surface area contributed by atoms with Crippen molar-refractivity contribution in [1.29, 1.82) is 5.26 Å². The Morgan fingerprint density at radius 2 is 1.98 bits per heavy atom. The molecule has 1 amide bonds. The van der Waals surface area contributed by atoms with E-state index in [1.54, 1.807) is 35.0 Å². The standard InChI is InChI=1S/C31H27ClFN5O3/c1-31(2)17-41-7-6-37(31)30(39)28-24-5-4-19-9-27(40-3)25(20-8-18(14-34)15-35-16-20)13-26(19)29(24)38(36-28)23-11-21(32)10-22(33)12-23/h8-13,15-16H,4-7,17H2,1-3H3. The molecular weight excluding hydrogens is 545 g/mol. The number of carbonyl (C=O) groups is 1. The van der Waals surface area contributed by atoms with Crippen LogP contribution in [0.15, 0.2) is 48.8 Å². The molecule has 0 saturated carbocycles. The topological polar surface area (TPSA) is 93.3 Å². The van der Waals surface area contributed by atoms with Gasteiger partial charge in [-0.1, -0.05) is 11.6 Å². The van der Waals surface area contributed by atoms with Gasteiger partial charge >= 0.3 is 0 Å². The first-order valence-corrected chi connectivity index (χ1v) is 13.6. The summed E-state index contributed by atoms with van der Waals surface area (Å²) in [6.45, 7) is 5.25. The van der Waals surface area contributed by atoms with E-state index in [1.165, 1.54) is 18.3 Å². The van der Waals surface area contributed by atoms with Crippen molar-refractivity contribution in [3.63, 3.8) is 0 Å². The van der Waals surface area contributed by atoms with E-state index >= 15 is 0 Å². The van der Waals surface area contributed by atoms with E-state index < -0.39 is 11.4 Å². The Labute approximate surface area is 241 Å². The second kappa shape index (κ2) is 10.3. The van der Waals surface area contributed by atoms with E-state index in [1.807, 2.05) is 26.0 Å². The van der Waals surface area contributed by atoms with Gasteiger partial charge in [-0.05, 0) is 68.7 Å². The summed E-state index contributed by atoms with van der Waals surface area (Å²) in [5, 5.41) is 14.5. The van der Waals surface area contributed by atoms with Gasteiger partial charge in [0.25, 0.3) is 5.91 Å². The Balaban J connectivity index is 1.60. The minimum absolute atomic E-state index is 0.195. The molecule has 2 aliphatic rings. The Hall–Kier alpha value is -4.26. The fourth-order valence-electron chi connectivity index (χ4n) is 5.70. The fraction of sp³-hybridized carbons (Fsp3) is 0.290. The number of pyridine rings is 1. The lowest BCUT2D eigenvalue weighted by Gasteiger charge is -2.41. The van der Waals surface area contributed by atoms with Crippen molar-refractivity contribution in [2.75, 3.05) is 26.9 Å². The maximum atomic E-state index is 14.6. The lowest BCUT2D eigenvalue weighted by Crippen LogP contribution is -2.55. The maximum absolute atomic E-state index is 14.6. The number of amides is 1. The number of fused-ring (bicyclic) bond motifs is 3. The molecular formula is C31H27ClFN5O3. The van der Waals surface area contributed by atoms with Gasteiger partial charge in [-0.2, -0.15) is 10.4 Å². The molecule has 0 radical (unpaired) electrons. The van der Waals surface area contributed by atoms with Crippen LogP contribution in [-0.2, 0) is 17.6 Å². The summed E-state index contributed by atoms with van der Waals surface area (Å²) in [5.74, 6) is -0.0704. The molecule has 1 saturated heterocycles. The third kappa shape index (κ3) is 4.73. The second-order valence-electron chi connectivity index (χ2n) is 10.8. The average molecular weight is 572 g/mol. The number of halogens is 2. The minimum Gasteiger partial charge on any atom is -0.496 e. The first-order valence-electron chi connectivity index (χ1n) is 13.2. The Morgan fingerprint density at radius 1 is 1.15 bits per heavy atom. The number of rotatable bonds is 4. The molecule has 8 nitrogen and oxygen atoms in total. The number of aromatic nitrogens is 3. The van der Waals surface area contributed by atoms with Crippen LogP contribution < -0.4 is 4.74 Å². The number of carbonyl (C=O) groups excluding carboxylic acids is 1. The third-order valence-electron chi connectivity index (χ3n) is 7.67. The summed E-state index contributed by atoms with van der Waals surface area (Å²) >= 11 is 6.27. The number of nitriles is 1. The Kier molecular flexibility index (Phi) is 6.76. The van der Waals surface area contributed by atoms with Crippen molar-refractivity contribution in [1.82, 2.24) is 19.7 Å².